The summed E-state index contributed by atoms with van der Waals surface area (Å²) >= 11 is 0. The first-order valence-electron chi connectivity index (χ1n) is 8.21. The van der Waals surface area contributed by atoms with Crippen LogP contribution in [0.3, 0.4) is 0 Å². The highest BCUT2D eigenvalue weighted by atomic mass is 15.3. The van der Waals surface area contributed by atoms with Crippen LogP contribution >= 0.6 is 0 Å². The van der Waals surface area contributed by atoms with Crippen molar-refractivity contribution in [3.8, 4) is 0 Å². The first-order chi connectivity index (χ1) is 12.2. The van der Waals surface area contributed by atoms with Crippen molar-refractivity contribution in [2.45, 2.75) is 6.92 Å². The lowest BCUT2D eigenvalue weighted by atomic mass is 10.0. The molecule has 0 spiro atoms. The maximum absolute atomic E-state index is 4.98. The predicted molar refractivity (Wildman–Crippen MR) is 101 cm³/mol. The number of aromatic nitrogens is 3. The summed E-state index contributed by atoms with van der Waals surface area (Å²) in [6, 6.07) is 22.5. The number of hydrogen-bond donors (Lipinski definition) is 0. The summed E-state index contributed by atoms with van der Waals surface area (Å²) < 4.78 is 1.78. The molecule has 0 aliphatic rings. The van der Waals surface area contributed by atoms with E-state index in [1.54, 1.807) is 4.68 Å². The molecule has 4 nitrogen and oxygen atoms in total. The number of aliphatic imine (C=N–C) groups is 1. The Balaban J connectivity index is 1.91. The second-order valence-electron chi connectivity index (χ2n) is 6.00. The van der Waals surface area contributed by atoms with Crippen molar-refractivity contribution in [1.29, 1.82) is 0 Å². The summed E-state index contributed by atoms with van der Waals surface area (Å²) in [6.07, 6.45) is 1.96. The Labute approximate surface area is 146 Å². The number of aryl methyl sites for hydroxylation is 2. The van der Waals surface area contributed by atoms with Crippen LogP contribution in [0.25, 0.3) is 11.0 Å². The molecule has 0 aliphatic carbocycles. The van der Waals surface area contributed by atoms with Crippen LogP contribution in [-0.4, -0.2) is 20.5 Å². The zero-order valence-electron chi connectivity index (χ0n) is 14.2. The first kappa shape index (κ1) is 15.3. The summed E-state index contributed by atoms with van der Waals surface area (Å²) in [5.74, 6) is 0. The smallest absolute Gasteiger partial charge is 0.181 e. The van der Waals surface area contributed by atoms with E-state index in [4.69, 9.17) is 4.99 Å². The van der Waals surface area contributed by atoms with E-state index in [9.17, 15) is 0 Å². The van der Waals surface area contributed by atoms with Gasteiger partial charge in [0.25, 0.3) is 0 Å². The van der Waals surface area contributed by atoms with Crippen LogP contribution in [0.4, 0.5) is 5.69 Å². The molecule has 4 rings (SSSR count). The fraction of sp³-hybridized carbons (Fsp3) is 0.0952. The third-order valence-corrected chi connectivity index (χ3v) is 4.10. The van der Waals surface area contributed by atoms with Crippen molar-refractivity contribution in [3.05, 3.63) is 89.7 Å². The summed E-state index contributed by atoms with van der Waals surface area (Å²) in [6.45, 7) is 1.97. The standard InChI is InChI=1S/C21H18N4/c1-15-19(13-18-14-25(2)24-21(18)22-15)23-20(16-9-5-3-6-10-16)17-11-7-4-8-12-17/h3-14H,1-2H3. The minimum atomic E-state index is 0.750. The van der Waals surface area contributed by atoms with Gasteiger partial charge in [-0.05, 0) is 13.0 Å². The molecular formula is C21H18N4. The molecule has 2 aromatic heterocycles. The first-order valence-corrected chi connectivity index (χ1v) is 8.21. The lowest BCUT2D eigenvalue weighted by Crippen LogP contribution is -2.03. The maximum atomic E-state index is 4.98. The molecule has 0 radical (unpaired) electrons. The minimum absolute atomic E-state index is 0.750. The van der Waals surface area contributed by atoms with Gasteiger partial charge in [-0.2, -0.15) is 5.10 Å². The van der Waals surface area contributed by atoms with Crippen molar-refractivity contribution in [1.82, 2.24) is 14.8 Å². The van der Waals surface area contributed by atoms with Crippen molar-refractivity contribution < 1.29 is 0 Å². The van der Waals surface area contributed by atoms with E-state index in [2.05, 4.69) is 40.4 Å². The van der Waals surface area contributed by atoms with E-state index in [0.717, 1.165) is 39.3 Å². The molecule has 4 aromatic rings. The number of pyridine rings is 1. The van der Waals surface area contributed by atoms with E-state index in [1.165, 1.54) is 0 Å². The zero-order valence-corrected chi connectivity index (χ0v) is 14.2. The van der Waals surface area contributed by atoms with Gasteiger partial charge in [0, 0.05) is 29.8 Å². The molecular weight excluding hydrogens is 308 g/mol. The van der Waals surface area contributed by atoms with E-state index in [1.807, 2.05) is 56.6 Å². The second kappa shape index (κ2) is 6.32. The molecule has 122 valence electrons. The van der Waals surface area contributed by atoms with Gasteiger partial charge >= 0.3 is 0 Å². The Hall–Kier alpha value is -3.27. The van der Waals surface area contributed by atoms with Gasteiger partial charge in [0.15, 0.2) is 5.65 Å². The monoisotopic (exact) mass is 326 g/mol. The van der Waals surface area contributed by atoms with Crippen LogP contribution < -0.4 is 0 Å². The fourth-order valence-corrected chi connectivity index (χ4v) is 2.87. The Morgan fingerprint density at radius 2 is 1.52 bits per heavy atom. The van der Waals surface area contributed by atoms with Crippen LogP contribution in [0.15, 0.2) is 77.9 Å². The fourth-order valence-electron chi connectivity index (χ4n) is 2.87. The average molecular weight is 326 g/mol. The molecule has 0 unspecified atom stereocenters. The van der Waals surface area contributed by atoms with E-state index >= 15 is 0 Å². The molecule has 4 heteroatoms. The molecule has 0 amide bonds. The Bertz CT molecular complexity index is 1010. The van der Waals surface area contributed by atoms with Gasteiger partial charge in [-0.15, -0.1) is 0 Å². The van der Waals surface area contributed by atoms with Gasteiger partial charge in [0.05, 0.1) is 17.1 Å². The zero-order chi connectivity index (χ0) is 17.2. The van der Waals surface area contributed by atoms with Gasteiger partial charge in [-0.3, -0.25) is 4.68 Å². The average Bonchev–Trinajstić information content (AvgIpc) is 3.00. The molecule has 0 saturated heterocycles. The van der Waals surface area contributed by atoms with Gasteiger partial charge < -0.3 is 0 Å². The van der Waals surface area contributed by atoms with Crippen LogP contribution in [0, 0.1) is 6.92 Å². The lowest BCUT2D eigenvalue weighted by Gasteiger charge is -2.09. The highest BCUT2D eigenvalue weighted by Crippen LogP contribution is 2.24. The Morgan fingerprint density at radius 1 is 0.920 bits per heavy atom. The largest absolute Gasteiger partial charge is 0.273 e. The third-order valence-electron chi connectivity index (χ3n) is 4.10. The van der Waals surface area contributed by atoms with Gasteiger partial charge in [0.1, 0.15) is 0 Å². The number of nitrogens with zero attached hydrogens (tertiary/aromatic N) is 4. The normalized spacial score (nSPS) is 10.8. The van der Waals surface area contributed by atoms with Crippen LogP contribution in [0.2, 0.25) is 0 Å². The lowest BCUT2D eigenvalue weighted by molar-refractivity contribution is 0.775. The van der Waals surface area contributed by atoms with Crippen LogP contribution in [0.5, 0.6) is 0 Å². The molecule has 0 atom stereocenters. The molecule has 0 N–H and O–H groups in total. The van der Waals surface area contributed by atoms with Crippen molar-refractivity contribution >= 4 is 22.4 Å². The molecule has 0 aliphatic heterocycles. The molecule has 25 heavy (non-hydrogen) atoms. The van der Waals surface area contributed by atoms with Crippen LogP contribution in [0.1, 0.15) is 16.8 Å². The predicted octanol–water partition coefficient (Wildman–Crippen LogP) is 4.45. The molecule has 0 bridgehead atoms. The topological polar surface area (TPSA) is 43.1 Å². The highest BCUT2D eigenvalue weighted by Gasteiger charge is 2.10. The van der Waals surface area contributed by atoms with E-state index < -0.39 is 0 Å². The maximum Gasteiger partial charge on any atom is 0.181 e. The van der Waals surface area contributed by atoms with Gasteiger partial charge in [-0.1, -0.05) is 60.7 Å². The second-order valence-corrected chi connectivity index (χ2v) is 6.00. The number of hydrogen-bond acceptors (Lipinski definition) is 3. The quantitative estimate of drug-likeness (QED) is 0.522. The number of fused-ring (bicyclic) bond motifs is 1. The summed E-state index contributed by atoms with van der Waals surface area (Å²) in [5, 5.41) is 5.36. The van der Waals surface area contributed by atoms with E-state index in [0.29, 0.717) is 0 Å². The van der Waals surface area contributed by atoms with E-state index in [-0.39, 0.29) is 0 Å². The van der Waals surface area contributed by atoms with Crippen molar-refractivity contribution in [3.63, 3.8) is 0 Å². The SMILES string of the molecule is Cc1nc2nn(C)cc2cc1N=C(c1ccccc1)c1ccccc1. The van der Waals surface area contributed by atoms with Crippen molar-refractivity contribution in [2.24, 2.45) is 12.0 Å². The summed E-state index contributed by atoms with van der Waals surface area (Å²) in [4.78, 5) is 9.57. The molecule has 0 saturated carbocycles. The number of benzene rings is 2. The summed E-state index contributed by atoms with van der Waals surface area (Å²) in [7, 11) is 1.90. The Kier molecular flexibility index (Phi) is 3.86. The number of rotatable bonds is 3. The molecule has 2 aromatic carbocycles. The highest BCUT2D eigenvalue weighted by molar-refractivity contribution is 6.14. The Morgan fingerprint density at radius 3 is 2.12 bits per heavy atom. The van der Waals surface area contributed by atoms with Crippen molar-refractivity contribution in [2.75, 3.05) is 0 Å². The third kappa shape index (κ3) is 3.06. The van der Waals surface area contributed by atoms with Gasteiger partial charge in [0.2, 0.25) is 0 Å². The van der Waals surface area contributed by atoms with Crippen LogP contribution in [-0.2, 0) is 7.05 Å². The minimum Gasteiger partial charge on any atom is -0.273 e. The summed E-state index contributed by atoms with van der Waals surface area (Å²) in [5.41, 5.74) is 5.59. The molecule has 0 fully saturated rings. The van der Waals surface area contributed by atoms with Gasteiger partial charge in [-0.25, -0.2) is 9.98 Å². The molecule has 2 heterocycles.